The van der Waals surface area contributed by atoms with Gasteiger partial charge in [-0.05, 0) is 43.3 Å². The second kappa shape index (κ2) is 10.4. The number of carbonyl (C=O) groups is 2. The first-order chi connectivity index (χ1) is 16.3. The molecule has 2 atom stereocenters. The predicted molar refractivity (Wildman–Crippen MR) is 129 cm³/mol. The van der Waals surface area contributed by atoms with Gasteiger partial charge < -0.3 is 9.47 Å². The lowest BCUT2D eigenvalue weighted by atomic mass is 10.2. The molecule has 1 fully saturated rings. The second-order valence-corrected chi connectivity index (χ2v) is 10.9. The van der Waals surface area contributed by atoms with Crippen molar-refractivity contribution in [3.63, 3.8) is 0 Å². The van der Waals surface area contributed by atoms with Crippen molar-refractivity contribution in [3.05, 3.63) is 102 Å². The zero-order chi connectivity index (χ0) is 24.1. The van der Waals surface area contributed by atoms with Crippen LogP contribution in [0.15, 0.2) is 89.8 Å². The monoisotopic (exact) mass is 497 g/mol. The van der Waals surface area contributed by atoms with Crippen LogP contribution in [0.4, 0.5) is 0 Å². The normalized spacial score (nSPS) is 18.4. The van der Waals surface area contributed by atoms with Crippen molar-refractivity contribution < 1.29 is 27.5 Å². The van der Waals surface area contributed by atoms with Crippen LogP contribution in [0.25, 0.3) is 0 Å². The van der Waals surface area contributed by atoms with Crippen LogP contribution in [-0.4, -0.2) is 48.6 Å². The van der Waals surface area contributed by atoms with Gasteiger partial charge >= 0.3 is 11.9 Å². The number of aryl methyl sites for hydroxylation is 1. The van der Waals surface area contributed by atoms with E-state index in [4.69, 9.17) is 9.47 Å². The molecule has 0 saturated carbocycles. The molecule has 1 aliphatic rings. The molecular formula is C25H23NO6S2. The number of carbonyl (C=O) groups excluding carboxylic acids is 2. The van der Waals surface area contributed by atoms with E-state index in [2.05, 4.69) is 0 Å². The highest BCUT2D eigenvalue weighted by molar-refractivity contribution is 8.01. The maximum atomic E-state index is 13.4. The Bertz CT molecular complexity index is 1250. The maximum Gasteiger partial charge on any atom is 0.339 e. The average molecular weight is 498 g/mol. The summed E-state index contributed by atoms with van der Waals surface area (Å²) < 4.78 is 39.0. The Kier molecular flexibility index (Phi) is 7.35. The molecule has 4 rings (SSSR count). The minimum absolute atomic E-state index is 0.0625. The van der Waals surface area contributed by atoms with E-state index in [1.807, 2.05) is 6.92 Å². The lowest BCUT2D eigenvalue weighted by molar-refractivity contribution is 0.0438. The topological polar surface area (TPSA) is 90.0 Å². The SMILES string of the molecule is Cc1ccc(S(=O)(=O)N2CC(OC(=O)c3ccccc3)SC2COC(=O)c2ccccc2)cc1. The van der Waals surface area contributed by atoms with E-state index in [-0.39, 0.29) is 18.0 Å². The van der Waals surface area contributed by atoms with Crippen molar-refractivity contribution in [1.29, 1.82) is 0 Å². The van der Waals surface area contributed by atoms with Crippen LogP contribution < -0.4 is 0 Å². The highest BCUT2D eigenvalue weighted by Crippen LogP contribution is 2.36. The zero-order valence-corrected chi connectivity index (χ0v) is 20.0. The fourth-order valence-corrected chi connectivity index (χ4v) is 6.55. The summed E-state index contributed by atoms with van der Waals surface area (Å²) >= 11 is 1.13. The Morgan fingerprint density at radius 3 is 2.03 bits per heavy atom. The number of sulfonamides is 1. The van der Waals surface area contributed by atoms with Crippen molar-refractivity contribution >= 4 is 33.7 Å². The van der Waals surface area contributed by atoms with Crippen molar-refractivity contribution in [1.82, 2.24) is 4.31 Å². The fraction of sp³-hybridized carbons (Fsp3) is 0.200. The summed E-state index contributed by atoms with van der Waals surface area (Å²) in [4.78, 5) is 25.1. The maximum absolute atomic E-state index is 13.4. The lowest BCUT2D eigenvalue weighted by Crippen LogP contribution is -2.38. The quantitative estimate of drug-likeness (QED) is 0.454. The zero-order valence-electron chi connectivity index (χ0n) is 18.4. The van der Waals surface area contributed by atoms with Gasteiger partial charge in [-0.3, -0.25) is 0 Å². The molecule has 1 saturated heterocycles. The molecule has 3 aromatic carbocycles. The number of esters is 2. The van der Waals surface area contributed by atoms with Gasteiger partial charge in [0.25, 0.3) is 0 Å². The van der Waals surface area contributed by atoms with Gasteiger partial charge in [0, 0.05) is 0 Å². The molecule has 1 aliphatic heterocycles. The van der Waals surface area contributed by atoms with Crippen molar-refractivity contribution in [3.8, 4) is 0 Å². The molecule has 0 aliphatic carbocycles. The minimum atomic E-state index is -3.92. The van der Waals surface area contributed by atoms with Gasteiger partial charge in [-0.2, -0.15) is 4.31 Å². The molecule has 0 aromatic heterocycles. The summed E-state index contributed by atoms with van der Waals surface area (Å²) in [5, 5.41) is -0.757. The van der Waals surface area contributed by atoms with Gasteiger partial charge in [-0.1, -0.05) is 65.9 Å². The average Bonchev–Trinajstić information content (AvgIpc) is 3.27. The summed E-state index contributed by atoms with van der Waals surface area (Å²) in [5.41, 5.74) is 0.909. The summed E-state index contributed by atoms with van der Waals surface area (Å²) in [5.74, 6) is -1.11. The van der Waals surface area contributed by atoms with E-state index < -0.39 is 32.8 Å². The first-order valence-corrected chi connectivity index (χ1v) is 12.9. The standard InChI is InChI=1S/C25H23NO6S2/c1-18-12-14-21(15-13-18)34(29,30)26-16-23(32-25(28)20-10-6-3-7-11-20)33-22(26)17-31-24(27)19-8-4-2-5-9-19/h2-15,22-23H,16-17H2,1H3. The molecule has 2 unspecified atom stereocenters. The third kappa shape index (κ3) is 5.49. The van der Waals surface area contributed by atoms with Gasteiger partial charge in [-0.15, -0.1) is 0 Å². The van der Waals surface area contributed by atoms with E-state index in [9.17, 15) is 18.0 Å². The number of thioether (sulfide) groups is 1. The second-order valence-electron chi connectivity index (χ2n) is 7.64. The van der Waals surface area contributed by atoms with Crippen LogP contribution >= 0.6 is 11.8 Å². The predicted octanol–water partition coefficient (Wildman–Crippen LogP) is 4.10. The van der Waals surface area contributed by atoms with Gasteiger partial charge in [-0.25, -0.2) is 18.0 Å². The highest BCUT2D eigenvalue weighted by atomic mass is 32.2. The molecule has 0 N–H and O–H groups in total. The van der Waals surface area contributed by atoms with Crippen LogP contribution in [-0.2, 0) is 19.5 Å². The Hall–Kier alpha value is -3.14. The molecule has 9 heteroatoms. The largest absolute Gasteiger partial charge is 0.459 e. The van der Waals surface area contributed by atoms with Crippen LogP contribution in [0.3, 0.4) is 0 Å². The summed E-state index contributed by atoms with van der Waals surface area (Å²) in [6.45, 7) is 1.61. The highest BCUT2D eigenvalue weighted by Gasteiger charge is 2.43. The van der Waals surface area contributed by atoms with Gasteiger partial charge in [0.2, 0.25) is 10.0 Å². The van der Waals surface area contributed by atoms with Crippen LogP contribution in [0.2, 0.25) is 0 Å². The number of benzene rings is 3. The Balaban J connectivity index is 1.53. The molecule has 34 heavy (non-hydrogen) atoms. The van der Waals surface area contributed by atoms with Crippen molar-refractivity contribution in [2.24, 2.45) is 0 Å². The molecule has 0 spiro atoms. The van der Waals surface area contributed by atoms with E-state index in [1.165, 1.54) is 16.4 Å². The fourth-order valence-electron chi connectivity index (χ4n) is 3.40. The van der Waals surface area contributed by atoms with Crippen molar-refractivity contribution in [2.45, 2.75) is 22.6 Å². The number of hydrogen-bond donors (Lipinski definition) is 0. The van der Waals surface area contributed by atoms with Gasteiger partial charge in [0.1, 0.15) is 12.0 Å². The van der Waals surface area contributed by atoms with E-state index >= 15 is 0 Å². The Morgan fingerprint density at radius 1 is 0.882 bits per heavy atom. The molecule has 7 nitrogen and oxygen atoms in total. The Labute approximate surface area is 202 Å². The van der Waals surface area contributed by atoms with Crippen LogP contribution in [0, 0.1) is 6.92 Å². The van der Waals surface area contributed by atoms with Crippen molar-refractivity contribution in [2.75, 3.05) is 13.2 Å². The first kappa shape index (κ1) is 24.0. The molecule has 1 heterocycles. The first-order valence-electron chi connectivity index (χ1n) is 10.6. The number of rotatable bonds is 7. The number of ether oxygens (including phenoxy) is 2. The third-order valence-corrected chi connectivity index (χ3v) is 8.48. The van der Waals surface area contributed by atoms with Crippen LogP contribution in [0.5, 0.6) is 0 Å². The third-order valence-electron chi connectivity index (χ3n) is 5.20. The molecular weight excluding hydrogens is 474 g/mol. The number of nitrogens with zero attached hydrogens (tertiary/aromatic N) is 1. The summed E-state index contributed by atoms with van der Waals surface area (Å²) in [6, 6.07) is 23.4. The number of hydrogen-bond acceptors (Lipinski definition) is 7. The minimum Gasteiger partial charge on any atom is -0.459 e. The van der Waals surface area contributed by atoms with E-state index in [0.29, 0.717) is 11.1 Å². The molecule has 3 aromatic rings. The summed E-state index contributed by atoms with van der Waals surface area (Å²) in [7, 11) is -3.92. The molecule has 0 amide bonds. The smallest absolute Gasteiger partial charge is 0.339 e. The van der Waals surface area contributed by atoms with Gasteiger partial charge in [0.05, 0.1) is 22.6 Å². The van der Waals surface area contributed by atoms with Crippen LogP contribution in [0.1, 0.15) is 26.3 Å². The summed E-state index contributed by atoms with van der Waals surface area (Å²) in [6.07, 6.45) is 0. The van der Waals surface area contributed by atoms with Gasteiger partial charge in [0.15, 0.2) is 5.44 Å². The Morgan fingerprint density at radius 2 is 1.44 bits per heavy atom. The molecule has 0 radical (unpaired) electrons. The van der Waals surface area contributed by atoms with E-state index in [0.717, 1.165) is 17.3 Å². The lowest BCUT2D eigenvalue weighted by Gasteiger charge is -2.22. The molecule has 176 valence electrons. The van der Waals surface area contributed by atoms with E-state index in [1.54, 1.807) is 72.8 Å². The molecule has 0 bridgehead atoms.